The molecular formula is C25H36ClIN2O5. The Morgan fingerprint density at radius 3 is 2.68 bits per heavy atom. The van der Waals surface area contributed by atoms with Crippen molar-refractivity contribution in [1.29, 1.82) is 0 Å². The molecule has 8 atom stereocenters. The molecule has 1 aromatic carbocycles. The van der Waals surface area contributed by atoms with Crippen molar-refractivity contribution in [2.45, 2.75) is 71.4 Å². The standard InChI is InChI=1S/C25H36ClIN2O5/c1-12-16-8-15(25(16,3)4)9-18(12)28-24(32)22-20(13(2)31)19(11-30)34-29(22)10-14-6-7-17(26)21(27)23(14)33-5/h6-7,12-13,15-16,18-20,22,30-31H,8-11H2,1-5H3,(H,28,32)/t12-,13-,15+,16?,18-,19-,20+,22-/m0/s1. The molecule has 1 unspecified atom stereocenters. The summed E-state index contributed by atoms with van der Waals surface area (Å²) >= 11 is 8.40. The van der Waals surface area contributed by atoms with Crippen LogP contribution >= 0.6 is 34.2 Å². The van der Waals surface area contributed by atoms with Crippen molar-refractivity contribution in [1.82, 2.24) is 10.4 Å². The van der Waals surface area contributed by atoms with Gasteiger partial charge in [0.25, 0.3) is 0 Å². The summed E-state index contributed by atoms with van der Waals surface area (Å²) in [5, 5.41) is 26.0. The summed E-state index contributed by atoms with van der Waals surface area (Å²) in [5.41, 5.74) is 1.14. The molecule has 0 aromatic heterocycles. The van der Waals surface area contributed by atoms with Crippen molar-refractivity contribution in [3.05, 3.63) is 26.3 Å². The summed E-state index contributed by atoms with van der Waals surface area (Å²) < 4.78 is 6.37. The molecule has 1 aromatic rings. The van der Waals surface area contributed by atoms with Gasteiger partial charge in [-0.2, -0.15) is 5.06 Å². The first-order valence-electron chi connectivity index (χ1n) is 12.0. The molecule has 1 heterocycles. The van der Waals surface area contributed by atoms with Crippen LogP contribution in [0.25, 0.3) is 0 Å². The Labute approximate surface area is 220 Å². The number of nitrogens with one attached hydrogen (secondary N) is 1. The lowest BCUT2D eigenvalue weighted by atomic mass is 9.45. The number of ether oxygens (including phenoxy) is 1. The quantitative estimate of drug-likeness (QED) is 0.411. The highest BCUT2D eigenvalue weighted by Crippen LogP contribution is 2.61. The third-order valence-electron chi connectivity index (χ3n) is 8.72. The van der Waals surface area contributed by atoms with Crippen molar-refractivity contribution in [3.63, 3.8) is 0 Å². The molecule has 3 saturated carbocycles. The molecular weight excluding hydrogens is 571 g/mol. The SMILES string of the molecule is COc1c(CN2O[C@@H](CO)[C@@H]([C@H](C)O)[C@H]2C(=O)N[C@H]2C[C@H]3CC([C@@H]2C)C3(C)C)ccc(Cl)c1I. The number of halogens is 2. The van der Waals surface area contributed by atoms with Crippen molar-refractivity contribution in [2.75, 3.05) is 13.7 Å². The number of hydroxylamine groups is 2. The Bertz CT molecular complexity index is 929. The van der Waals surface area contributed by atoms with Crippen LogP contribution in [0.2, 0.25) is 5.02 Å². The van der Waals surface area contributed by atoms with Gasteiger partial charge in [0, 0.05) is 17.5 Å². The van der Waals surface area contributed by atoms with E-state index in [0.29, 0.717) is 33.9 Å². The fourth-order valence-electron chi connectivity index (χ4n) is 6.57. The summed E-state index contributed by atoms with van der Waals surface area (Å²) in [6, 6.07) is 3.00. The van der Waals surface area contributed by atoms with Gasteiger partial charge in [-0.15, -0.1) is 0 Å². The number of aliphatic hydroxyl groups excluding tert-OH is 2. The van der Waals surface area contributed by atoms with Crippen LogP contribution in [-0.2, 0) is 16.2 Å². The molecule has 1 saturated heterocycles. The Balaban J connectivity index is 1.58. The molecule has 0 radical (unpaired) electrons. The number of benzene rings is 1. The number of carbonyl (C=O) groups excluding carboxylic acids is 1. The first kappa shape index (κ1) is 26.4. The van der Waals surface area contributed by atoms with E-state index in [1.54, 1.807) is 25.2 Å². The van der Waals surface area contributed by atoms with E-state index in [0.717, 1.165) is 15.6 Å². The van der Waals surface area contributed by atoms with Gasteiger partial charge in [-0.1, -0.05) is 38.4 Å². The lowest BCUT2D eigenvalue weighted by molar-refractivity contribution is -0.183. The number of carbonyl (C=O) groups is 1. The maximum Gasteiger partial charge on any atom is 0.240 e. The predicted octanol–water partition coefficient (Wildman–Crippen LogP) is 3.61. The Morgan fingerprint density at radius 2 is 2.12 bits per heavy atom. The summed E-state index contributed by atoms with van der Waals surface area (Å²) in [6.07, 6.45) is 0.693. The van der Waals surface area contributed by atoms with E-state index in [2.05, 4.69) is 48.7 Å². The normalized spacial score (nSPS) is 35.5. The fraction of sp³-hybridized carbons (Fsp3) is 0.720. The molecule has 1 aliphatic heterocycles. The second-order valence-electron chi connectivity index (χ2n) is 10.8. The highest BCUT2D eigenvalue weighted by molar-refractivity contribution is 14.1. The molecule has 190 valence electrons. The molecule has 4 aliphatic rings. The van der Waals surface area contributed by atoms with E-state index >= 15 is 0 Å². The minimum atomic E-state index is -0.832. The van der Waals surface area contributed by atoms with Crippen LogP contribution in [0, 0.1) is 32.7 Å². The second-order valence-corrected chi connectivity index (χ2v) is 12.3. The van der Waals surface area contributed by atoms with E-state index in [9.17, 15) is 15.0 Å². The lowest BCUT2D eigenvalue weighted by Gasteiger charge is -2.62. The molecule has 2 bridgehead atoms. The van der Waals surface area contributed by atoms with Gasteiger partial charge in [-0.25, -0.2) is 0 Å². The third-order valence-corrected chi connectivity index (χ3v) is 10.4. The Hall–Kier alpha value is -0.650. The highest BCUT2D eigenvalue weighted by atomic mass is 127. The average molecular weight is 607 g/mol. The van der Waals surface area contributed by atoms with E-state index in [1.807, 2.05) is 6.07 Å². The number of fused-ring (bicyclic) bond motifs is 2. The number of methoxy groups -OCH3 is 1. The smallest absolute Gasteiger partial charge is 0.240 e. The monoisotopic (exact) mass is 606 g/mol. The maximum atomic E-state index is 13.7. The van der Waals surface area contributed by atoms with Crippen LogP contribution in [-0.4, -0.2) is 59.2 Å². The fourth-order valence-corrected chi connectivity index (χ4v) is 7.46. The lowest BCUT2D eigenvalue weighted by Crippen LogP contribution is -2.62. The van der Waals surface area contributed by atoms with Gasteiger partial charge in [0.05, 0.1) is 35.0 Å². The van der Waals surface area contributed by atoms with Crippen molar-refractivity contribution >= 4 is 40.1 Å². The highest BCUT2D eigenvalue weighted by Gasteiger charge is 2.57. The van der Waals surface area contributed by atoms with E-state index in [4.69, 9.17) is 21.2 Å². The van der Waals surface area contributed by atoms with Gasteiger partial charge in [0.1, 0.15) is 17.9 Å². The average Bonchev–Trinajstić information content (AvgIpc) is 3.16. The molecule has 0 spiro atoms. The number of rotatable bonds is 7. The number of amides is 1. The van der Waals surface area contributed by atoms with Crippen LogP contribution in [0.5, 0.6) is 5.75 Å². The van der Waals surface area contributed by atoms with Crippen LogP contribution in [0.3, 0.4) is 0 Å². The predicted molar refractivity (Wildman–Crippen MR) is 138 cm³/mol. The zero-order valence-corrected chi connectivity index (χ0v) is 23.3. The molecule has 4 fully saturated rings. The van der Waals surface area contributed by atoms with Gasteiger partial charge in [-0.05, 0) is 71.6 Å². The van der Waals surface area contributed by atoms with Crippen LogP contribution in [0.4, 0.5) is 0 Å². The van der Waals surface area contributed by atoms with Gasteiger partial charge >= 0.3 is 0 Å². The summed E-state index contributed by atoms with van der Waals surface area (Å²) in [5.74, 6) is 1.50. The van der Waals surface area contributed by atoms with E-state index < -0.39 is 24.2 Å². The largest absolute Gasteiger partial charge is 0.495 e. The zero-order valence-electron chi connectivity index (χ0n) is 20.4. The van der Waals surface area contributed by atoms with E-state index in [-0.39, 0.29) is 25.1 Å². The minimum Gasteiger partial charge on any atom is -0.495 e. The summed E-state index contributed by atoms with van der Waals surface area (Å²) in [4.78, 5) is 19.8. The maximum absolute atomic E-state index is 13.7. The van der Waals surface area contributed by atoms with Crippen molar-refractivity contribution < 1.29 is 24.6 Å². The van der Waals surface area contributed by atoms with Crippen LogP contribution < -0.4 is 10.1 Å². The molecule has 5 rings (SSSR count). The summed E-state index contributed by atoms with van der Waals surface area (Å²) in [6.45, 7) is 8.52. The molecule has 34 heavy (non-hydrogen) atoms. The van der Waals surface area contributed by atoms with Crippen molar-refractivity contribution in [2.24, 2.45) is 29.1 Å². The van der Waals surface area contributed by atoms with Crippen molar-refractivity contribution in [3.8, 4) is 5.75 Å². The second kappa shape index (κ2) is 10.0. The topological polar surface area (TPSA) is 91.3 Å². The van der Waals surface area contributed by atoms with Gasteiger partial charge < -0.3 is 20.3 Å². The number of hydrogen-bond acceptors (Lipinski definition) is 6. The van der Waals surface area contributed by atoms with Gasteiger partial charge in [-0.3, -0.25) is 9.63 Å². The summed E-state index contributed by atoms with van der Waals surface area (Å²) in [7, 11) is 1.58. The third kappa shape index (κ3) is 4.47. The Kier molecular flexibility index (Phi) is 7.78. The molecule has 3 aliphatic carbocycles. The molecule has 3 N–H and O–H groups in total. The minimum absolute atomic E-state index is 0.0972. The zero-order chi connectivity index (χ0) is 24.9. The number of hydrogen-bond donors (Lipinski definition) is 3. The number of nitrogens with zero attached hydrogens (tertiary/aromatic N) is 1. The van der Waals surface area contributed by atoms with E-state index in [1.165, 1.54) is 6.42 Å². The van der Waals surface area contributed by atoms with Gasteiger partial charge in [0.2, 0.25) is 5.91 Å². The van der Waals surface area contributed by atoms with Gasteiger partial charge in [0.15, 0.2) is 0 Å². The molecule has 9 heteroatoms. The molecule has 7 nitrogen and oxygen atoms in total. The van der Waals surface area contributed by atoms with Crippen LogP contribution in [0.15, 0.2) is 12.1 Å². The Morgan fingerprint density at radius 1 is 1.41 bits per heavy atom. The first-order valence-corrected chi connectivity index (χ1v) is 13.5. The first-order chi connectivity index (χ1) is 16.0. The molecule has 1 amide bonds. The number of aliphatic hydroxyl groups is 2. The van der Waals surface area contributed by atoms with Crippen LogP contribution in [0.1, 0.15) is 46.1 Å².